The number of rotatable bonds is 3. The molecule has 1 aromatic rings. The van der Waals surface area contributed by atoms with Crippen molar-refractivity contribution in [2.75, 3.05) is 13.7 Å². The van der Waals surface area contributed by atoms with E-state index in [4.69, 9.17) is 4.74 Å². The summed E-state index contributed by atoms with van der Waals surface area (Å²) in [6, 6.07) is 1.53. The van der Waals surface area contributed by atoms with Crippen LogP contribution < -0.4 is 4.74 Å². The van der Waals surface area contributed by atoms with Crippen LogP contribution in [0.25, 0.3) is 0 Å². The number of methoxy groups -OCH3 is 1. The zero-order valence-corrected chi connectivity index (χ0v) is 8.34. The zero-order chi connectivity index (χ0) is 11.4. The van der Waals surface area contributed by atoms with Gasteiger partial charge in [-0.15, -0.1) is 0 Å². The maximum atomic E-state index is 13.3. The summed E-state index contributed by atoms with van der Waals surface area (Å²) in [6.07, 6.45) is 0. The zero-order valence-electron chi connectivity index (χ0n) is 8.34. The number of carbonyl (C=O) groups is 1. The molecule has 3 nitrogen and oxygen atoms in total. The van der Waals surface area contributed by atoms with E-state index < -0.39 is 17.6 Å². The van der Waals surface area contributed by atoms with Crippen molar-refractivity contribution >= 4 is 5.97 Å². The highest BCUT2D eigenvalue weighted by atomic mass is 19.1. The Bertz CT molecular complexity index is 377. The van der Waals surface area contributed by atoms with Crippen LogP contribution in [0.3, 0.4) is 0 Å². The molecule has 0 spiro atoms. The minimum atomic E-state index is -0.995. The average molecular weight is 216 g/mol. The van der Waals surface area contributed by atoms with Crippen LogP contribution in [0.4, 0.5) is 8.78 Å². The summed E-state index contributed by atoms with van der Waals surface area (Å²) in [5.41, 5.74) is -0.388. The molecular weight excluding hydrogens is 206 g/mol. The van der Waals surface area contributed by atoms with Crippen LogP contribution >= 0.6 is 0 Å². The van der Waals surface area contributed by atoms with Gasteiger partial charge in [-0.1, -0.05) is 0 Å². The minimum Gasteiger partial charge on any atom is -0.496 e. The smallest absolute Gasteiger partial charge is 0.344 e. The van der Waals surface area contributed by atoms with Crippen molar-refractivity contribution in [3.8, 4) is 5.75 Å². The first kappa shape index (κ1) is 11.4. The van der Waals surface area contributed by atoms with Crippen LogP contribution in [0, 0.1) is 11.6 Å². The molecule has 1 rings (SSSR count). The molecule has 0 atom stereocenters. The number of hydrogen-bond acceptors (Lipinski definition) is 3. The Morgan fingerprint density at radius 1 is 1.40 bits per heavy atom. The van der Waals surface area contributed by atoms with Gasteiger partial charge in [-0.25, -0.2) is 13.6 Å². The number of ether oxygens (including phenoxy) is 2. The normalized spacial score (nSPS) is 9.87. The molecule has 0 fully saturated rings. The van der Waals surface area contributed by atoms with Crippen molar-refractivity contribution in [2.45, 2.75) is 6.92 Å². The van der Waals surface area contributed by atoms with E-state index >= 15 is 0 Å². The maximum absolute atomic E-state index is 13.3. The number of halogens is 2. The lowest BCUT2D eigenvalue weighted by atomic mass is 10.2. The van der Waals surface area contributed by atoms with Gasteiger partial charge in [-0.05, 0) is 6.92 Å². The predicted molar refractivity (Wildman–Crippen MR) is 48.9 cm³/mol. The Hall–Kier alpha value is -1.65. The van der Waals surface area contributed by atoms with Crippen LogP contribution in [0.2, 0.25) is 0 Å². The molecule has 0 bridgehead atoms. The molecule has 0 heterocycles. The van der Waals surface area contributed by atoms with Crippen LogP contribution in [-0.2, 0) is 4.74 Å². The van der Waals surface area contributed by atoms with Crippen LogP contribution in [-0.4, -0.2) is 19.7 Å². The van der Waals surface area contributed by atoms with Crippen molar-refractivity contribution < 1.29 is 23.0 Å². The molecule has 0 N–H and O–H groups in total. The fourth-order valence-electron chi connectivity index (χ4n) is 1.11. The Kier molecular flexibility index (Phi) is 3.60. The summed E-state index contributed by atoms with van der Waals surface area (Å²) in [7, 11) is 1.22. The summed E-state index contributed by atoms with van der Waals surface area (Å²) >= 11 is 0. The summed E-state index contributed by atoms with van der Waals surface area (Å²) < 4.78 is 35.3. The molecule has 0 aliphatic carbocycles. The standard InChI is InChI=1S/C10H10F2O3/c1-3-15-10(13)9-7(12)4-6(11)5-8(9)14-2/h4-5H,3H2,1-2H3. The first-order valence-electron chi connectivity index (χ1n) is 4.30. The van der Waals surface area contributed by atoms with Gasteiger partial charge in [0, 0.05) is 12.1 Å². The minimum absolute atomic E-state index is 0.110. The van der Waals surface area contributed by atoms with E-state index in [9.17, 15) is 13.6 Å². The van der Waals surface area contributed by atoms with Crippen LogP contribution in [0.1, 0.15) is 17.3 Å². The second kappa shape index (κ2) is 4.72. The van der Waals surface area contributed by atoms with Gasteiger partial charge in [0.25, 0.3) is 0 Å². The van der Waals surface area contributed by atoms with E-state index in [1.165, 1.54) is 7.11 Å². The highest BCUT2D eigenvalue weighted by molar-refractivity contribution is 5.92. The Morgan fingerprint density at radius 2 is 2.07 bits per heavy atom. The molecular formula is C10H10F2O3. The molecule has 0 amide bonds. The molecule has 0 radical (unpaired) electrons. The van der Waals surface area contributed by atoms with Gasteiger partial charge in [0.05, 0.1) is 13.7 Å². The van der Waals surface area contributed by atoms with E-state index in [0.29, 0.717) is 6.07 Å². The van der Waals surface area contributed by atoms with Gasteiger partial charge in [0.1, 0.15) is 22.9 Å². The third-order valence-electron chi connectivity index (χ3n) is 1.72. The Morgan fingerprint density at radius 3 is 2.60 bits per heavy atom. The van der Waals surface area contributed by atoms with Gasteiger partial charge in [-0.3, -0.25) is 0 Å². The van der Waals surface area contributed by atoms with E-state index in [2.05, 4.69) is 4.74 Å². The van der Waals surface area contributed by atoms with Gasteiger partial charge < -0.3 is 9.47 Å². The third-order valence-corrected chi connectivity index (χ3v) is 1.72. The molecule has 0 aliphatic heterocycles. The second-order valence-electron chi connectivity index (χ2n) is 2.69. The third kappa shape index (κ3) is 2.43. The van der Waals surface area contributed by atoms with Crippen molar-refractivity contribution in [2.24, 2.45) is 0 Å². The Balaban J connectivity index is 3.20. The van der Waals surface area contributed by atoms with E-state index in [-0.39, 0.29) is 17.9 Å². The number of benzene rings is 1. The van der Waals surface area contributed by atoms with Crippen molar-refractivity contribution in [1.29, 1.82) is 0 Å². The van der Waals surface area contributed by atoms with E-state index in [0.717, 1.165) is 6.07 Å². The summed E-state index contributed by atoms with van der Waals surface area (Å²) in [6.45, 7) is 1.70. The number of carbonyl (C=O) groups excluding carboxylic acids is 1. The lowest BCUT2D eigenvalue weighted by Crippen LogP contribution is -2.09. The fraction of sp³-hybridized carbons (Fsp3) is 0.300. The van der Waals surface area contributed by atoms with Gasteiger partial charge in [0.15, 0.2) is 0 Å². The van der Waals surface area contributed by atoms with Gasteiger partial charge >= 0.3 is 5.97 Å². The van der Waals surface area contributed by atoms with Crippen molar-refractivity contribution in [1.82, 2.24) is 0 Å². The summed E-state index contributed by atoms with van der Waals surface area (Å²) in [4.78, 5) is 11.3. The van der Waals surface area contributed by atoms with Gasteiger partial charge in [0.2, 0.25) is 0 Å². The fourth-order valence-corrected chi connectivity index (χ4v) is 1.11. The molecule has 0 saturated carbocycles. The number of hydrogen-bond donors (Lipinski definition) is 0. The van der Waals surface area contributed by atoms with Crippen molar-refractivity contribution in [3.63, 3.8) is 0 Å². The van der Waals surface area contributed by atoms with E-state index in [1.54, 1.807) is 6.92 Å². The highest BCUT2D eigenvalue weighted by Gasteiger charge is 2.20. The summed E-state index contributed by atoms with van der Waals surface area (Å²) in [5.74, 6) is -2.85. The van der Waals surface area contributed by atoms with Gasteiger partial charge in [-0.2, -0.15) is 0 Å². The Labute approximate surface area is 85.6 Å². The first-order chi connectivity index (χ1) is 7.10. The average Bonchev–Trinajstić information content (AvgIpc) is 2.16. The van der Waals surface area contributed by atoms with E-state index in [1.807, 2.05) is 0 Å². The largest absolute Gasteiger partial charge is 0.496 e. The highest BCUT2D eigenvalue weighted by Crippen LogP contribution is 2.23. The summed E-state index contributed by atoms with van der Waals surface area (Å²) in [5, 5.41) is 0. The molecule has 82 valence electrons. The maximum Gasteiger partial charge on any atom is 0.344 e. The molecule has 0 unspecified atom stereocenters. The van der Waals surface area contributed by atoms with Crippen LogP contribution in [0.5, 0.6) is 5.75 Å². The molecule has 0 aliphatic rings. The predicted octanol–water partition coefficient (Wildman–Crippen LogP) is 2.15. The first-order valence-corrected chi connectivity index (χ1v) is 4.30. The van der Waals surface area contributed by atoms with Crippen molar-refractivity contribution in [3.05, 3.63) is 29.3 Å². The SMILES string of the molecule is CCOC(=O)c1c(F)cc(F)cc1OC. The molecule has 0 aromatic heterocycles. The lowest BCUT2D eigenvalue weighted by molar-refractivity contribution is 0.0517. The number of esters is 1. The lowest BCUT2D eigenvalue weighted by Gasteiger charge is -2.08. The molecule has 0 saturated heterocycles. The quantitative estimate of drug-likeness (QED) is 0.726. The molecule has 15 heavy (non-hydrogen) atoms. The van der Waals surface area contributed by atoms with Crippen LogP contribution in [0.15, 0.2) is 12.1 Å². The topological polar surface area (TPSA) is 35.5 Å². The monoisotopic (exact) mass is 216 g/mol. The second-order valence-corrected chi connectivity index (χ2v) is 2.69. The molecule has 5 heteroatoms. The molecule has 1 aromatic carbocycles.